The van der Waals surface area contributed by atoms with E-state index in [0.29, 0.717) is 17.0 Å². The Balaban J connectivity index is 0.000000182. The standard InChI is InChI=1S/C13H13P.2C8H5F3N4.Os/c14-13(11-7-3-1-4-8-11)12-9-5-2-6-10-12;2*9-8(10,11)7-13-6(14-15-7)5-3-1-2-4-12-5;/h1-10,13H,14H2;2*1-4H,(H,13,14,15);/q;;;+2. The number of aromatic amines is 2. The average molecular weight is 819 g/mol. The van der Waals surface area contributed by atoms with Gasteiger partial charge in [-0.15, -0.1) is 9.24 Å². The fourth-order valence-corrected chi connectivity index (χ4v) is 3.95. The normalized spacial score (nSPS) is 11.0. The van der Waals surface area contributed by atoms with Crippen LogP contribution in [0.2, 0.25) is 0 Å². The van der Waals surface area contributed by atoms with Gasteiger partial charge in [-0.05, 0) is 35.4 Å². The van der Waals surface area contributed by atoms with Crippen molar-refractivity contribution >= 4 is 9.24 Å². The van der Waals surface area contributed by atoms with Gasteiger partial charge in [0.25, 0.3) is 0 Å². The van der Waals surface area contributed by atoms with E-state index in [9.17, 15) is 26.3 Å². The molecule has 1 atom stereocenters. The molecule has 4 heterocycles. The molecule has 0 saturated carbocycles. The van der Waals surface area contributed by atoms with Crippen LogP contribution < -0.4 is 0 Å². The smallest absolute Gasteiger partial charge is 0.255 e. The molecule has 2 aromatic carbocycles. The first-order valence-electron chi connectivity index (χ1n) is 12.7. The summed E-state index contributed by atoms with van der Waals surface area (Å²) in [6.45, 7) is 0. The number of H-pyrrole nitrogens is 2. The number of alkyl halides is 6. The molecule has 0 fully saturated rings. The summed E-state index contributed by atoms with van der Waals surface area (Å²) in [4.78, 5) is 14.3. The van der Waals surface area contributed by atoms with E-state index in [0.717, 1.165) is 0 Å². The number of rotatable bonds is 4. The third-order valence-corrected chi connectivity index (χ3v) is 6.38. The van der Waals surface area contributed by atoms with Gasteiger partial charge in [0.05, 0.1) is 0 Å². The van der Waals surface area contributed by atoms with Crippen LogP contribution >= 0.6 is 9.24 Å². The molecule has 0 saturated heterocycles. The summed E-state index contributed by atoms with van der Waals surface area (Å²) < 4.78 is 73.0. The monoisotopic (exact) mass is 820 g/mol. The van der Waals surface area contributed by atoms with Crippen LogP contribution in [0.15, 0.2) is 109 Å². The fraction of sp³-hybridized carbons (Fsp3) is 0.103. The molecule has 232 valence electrons. The zero-order valence-electron chi connectivity index (χ0n) is 22.9. The van der Waals surface area contributed by atoms with Crippen molar-refractivity contribution in [1.29, 1.82) is 0 Å². The van der Waals surface area contributed by atoms with Crippen LogP contribution in [0.1, 0.15) is 28.4 Å². The molecule has 4 aromatic heterocycles. The van der Waals surface area contributed by atoms with Crippen molar-refractivity contribution < 1.29 is 46.1 Å². The van der Waals surface area contributed by atoms with Crippen molar-refractivity contribution in [3.8, 4) is 23.0 Å². The Bertz CT molecular complexity index is 1570. The molecular weight excluding hydrogens is 796 g/mol. The largest absolute Gasteiger partial charge is 2.00 e. The minimum atomic E-state index is -4.51. The van der Waals surface area contributed by atoms with Gasteiger partial charge in [-0.2, -0.15) is 36.5 Å². The second-order valence-corrected chi connectivity index (χ2v) is 9.41. The van der Waals surface area contributed by atoms with Crippen LogP contribution in [0.25, 0.3) is 23.0 Å². The Labute approximate surface area is 268 Å². The Hall–Kier alpha value is -4.33. The van der Waals surface area contributed by atoms with Gasteiger partial charge in [0, 0.05) is 18.1 Å². The van der Waals surface area contributed by atoms with Gasteiger partial charge in [0.2, 0.25) is 11.6 Å². The van der Waals surface area contributed by atoms with Crippen LogP contribution in [0.3, 0.4) is 0 Å². The summed E-state index contributed by atoms with van der Waals surface area (Å²) >= 11 is 0. The Morgan fingerprint density at radius 3 is 1.18 bits per heavy atom. The fourth-order valence-electron chi connectivity index (χ4n) is 3.51. The van der Waals surface area contributed by atoms with Gasteiger partial charge in [0.1, 0.15) is 11.4 Å². The van der Waals surface area contributed by atoms with E-state index in [-0.39, 0.29) is 31.4 Å². The molecule has 16 heteroatoms. The second-order valence-electron chi connectivity index (χ2n) is 8.74. The maximum Gasteiger partial charge on any atom is 2.00 e. The van der Waals surface area contributed by atoms with E-state index >= 15 is 0 Å². The molecule has 0 spiro atoms. The van der Waals surface area contributed by atoms with Crippen LogP contribution in [-0.4, -0.2) is 40.3 Å². The first-order valence-corrected chi connectivity index (χ1v) is 13.4. The molecule has 0 bridgehead atoms. The number of halogens is 6. The van der Waals surface area contributed by atoms with Gasteiger partial charge < -0.3 is 0 Å². The number of nitrogens with zero attached hydrogens (tertiary/aromatic N) is 6. The third-order valence-electron chi connectivity index (χ3n) is 5.61. The first kappa shape index (κ1) is 35.1. The molecule has 0 radical (unpaired) electrons. The summed E-state index contributed by atoms with van der Waals surface area (Å²) in [5, 5.41) is 10.5. The summed E-state index contributed by atoms with van der Waals surface area (Å²) in [7, 11) is 2.89. The van der Waals surface area contributed by atoms with E-state index in [1.807, 2.05) is 22.3 Å². The number of nitrogens with one attached hydrogen (secondary N) is 2. The molecule has 0 aliphatic rings. The molecule has 45 heavy (non-hydrogen) atoms. The molecule has 0 aliphatic carbocycles. The summed E-state index contributed by atoms with van der Waals surface area (Å²) in [6, 6.07) is 30.7. The minimum absolute atomic E-state index is 0. The molecule has 6 rings (SSSR count). The van der Waals surface area contributed by atoms with Gasteiger partial charge in [-0.25, -0.2) is 9.97 Å². The van der Waals surface area contributed by atoms with Crippen LogP contribution in [0, 0.1) is 0 Å². The molecule has 6 aromatic rings. The van der Waals surface area contributed by atoms with Crippen molar-refractivity contribution in [3.05, 3.63) is 132 Å². The van der Waals surface area contributed by atoms with Crippen LogP contribution in [0.5, 0.6) is 0 Å². The molecule has 0 aliphatic heterocycles. The predicted molar refractivity (Wildman–Crippen MR) is 154 cm³/mol. The number of benzene rings is 2. The zero-order chi connectivity index (χ0) is 31.6. The Kier molecular flexibility index (Phi) is 12.6. The van der Waals surface area contributed by atoms with E-state index in [4.69, 9.17) is 0 Å². The van der Waals surface area contributed by atoms with Gasteiger partial charge in [-0.3, -0.25) is 20.2 Å². The van der Waals surface area contributed by atoms with Crippen LogP contribution in [0.4, 0.5) is 26.3 Å². The van der Waals surface area contributed by atoms with E-state index in [2.05, 4.69) is 87.9 Å². The number of aromatic nitrogens is 8. The van der Waals surface area contributed by atoms with Crippen molar-refractivity contribution in [1.82, 2.24) is 40.3 Å². The maximum absolute atomic E-state index is 12.2. The van der Waals surface area contributed by atoms with E-state index in [1.54, 1.807) is 24.3 Å². The van der Waals surface area contributed by atoms with Crippen molar-refractivity contribution in [2.24, 2.45) is 0 Å². The van der Waals surface area contributed by atoms with E-state index < -0.39 is 24.0 Å². The predicted octanol–water partition coefficient (Wildman–Crippen LogP) is 7.42. The second kappa shape index (κ2) is 16.1. The summed E-state index contributed by atoms with van der Waals surface area (Å²) in [6.07, 6.45) is -6.11. The molecule has 1 unspecified atom stereocenters. The average Bonchev–Trinajstić information content (AvgIpc) is 3.75. The topological polar surface area (TPSA) is 109 Å². The van der Waals surface area contributed by atoms with Gasteiger partial charge >= 0.3 is 32.1 Å². The molecule has 8 nitrogen and oxygen atoms in total. The first-order chi connectivity index (χ1) is 21.0. The SMILES string of the molecule is FC(F)(F)c1nc(-c2ccccn2)n[nH]1.FC(F)(F)c1nc(-c2ccccn2)n[nH]1.PC(c1ccccc1)c1ccccc1.[Os+2]. The number of pyridine rings is 2. The van der Waals surface area contributed by atoms with Gasteiger partial charge in [-0.1, -0.05) is 72.8 Å². The minimum Gasteiger partial charge on any atom is -0.255 e. The summed E-state index contributed by atoms with van der Waals surface area (Å²) in [5.74, 6) is -2.38. The quantitative estimate of drug-likeness (QED) is 0.142. The third kappa shape index (κ3) is 10.4. The number of hydrogen-bond donors (Lipinski definition) is 2. The van der Waals surface area contributed by atoms with Crippen molar-refractivity contribution in [2.75, 3.05) is 0 Å². The maximum atomic E-state index is 12.2. The Morgan fingerprint density at radius 1 is 0.533 bits per heavy atom. The van der Waals surface area contributed by atoms with Crippen molar-refractivity contribution in [3.63, 3.8) is 0 Å². The molecule has 0 amide bonds. The Morgan fingerprint density at radius 2 is 0.889 bits per heavy atom. The van der Waals surface area contributed by atoms with Crippen LogP contribution in [-0.2, 0) is 32.1 Å². The molecule has 2 N–H and O–H groups in total. The number of hydrogen-bond acceptors (Lipinski definition) is 6. The molecular formula is C29H23F6N8OsP+2. The van der Waals surface area contributed by atoms with Crippen molar-refractivity contribution in [2.45, 2.75) is 18.0 Å². The van der Waals surface area contributed by atoms with E-state index in [1.165, 1.54) is 35.7 Å². The zero-order valence-corrected chi connectivity index (χ0v) is 26.5. The summed E-state index contributed by atoms with van der Waals surface area (Å²) in [5.41, 5.74) is 3.67. The van der Waals surface area contributed by atoms with Gasteiger partial charge in [0.15, 0.2) is 11.6 Å².